The second-order valence-electron chi connectivity index (χ2n) is 6.88. The zero-order valence-corrected chi connectivity index (χ0v) is 16.2. The molecular formula is C22H20ClNO4. The number of nitrogens with zero attached hydrogens (tertiary/aromatic N) is 1. The van der Waals surface area contributed by atoms with E-state index in [2.05, 4.69) is 0 Å². The Hall–Kier alpha value is -2.79. The van der Waals surface area contributed by atoms with E-state index in [9.17, 15) is 9.59 Å². The zero-order valence-electron chi connectivity index (χ0n) is 15.5. The Morgan fingerprint density at radius 3 is 2.50 bits per heavy atom. The van der Waals surface area contributed by atoms with Crippen LogP contribution < -0.4 is 10.2 Å². The molecule has 1 saturated heterocycles. The predicted molar refractivity (Wildman–Crippen MR) is 109 cm³/mol. The van der Waals surface area contributed by atoms with Gasteiger partial charge in [-0.05, 0) is 56.2 Å². The van der Waals surface area contributed by atoms with Crippen LogP contribution in [0.25, 0.3) is 22.3 Å². The fraction of sp³-hybridized carbons (Fsp3) is 0.273. The van der Waals surface area contributed by atoms with Gasteiger partial charge in [-0.25, -0.2) is 0 Å². The van der Waals surface area contributed by atoms with Gasteiger partial charge in [0.05, 0.1) is 5.39 Å². The first-order valence-corrected chi connectivity index (χ1v) is 9.69. The van der Waals surface area contributed by atoms with Crippen LogP contribution >= 0.6 is 11.6 Å². The van der Waals surface area contributed by atoms with Crippen molar-refractivity contribution in [2.75, 3.05) is 13.1 Å². The second kappa shape index (κ2) is 7.68. The Bertz CT molecular complexity index is 1070. The number of carbonyl (C=O) groups excluding carboxylic acids is 1. The van der Waals surface area contributed by atoms with E-state index in [0.717, 1.165) is 25.9 Å². The molecule has 0 radical (unpaired) electrons. The topological polar surface area (TPSA) is 59.8 Å². The molecule has 0 bridgehead atoms. The number of benzene rings is 2. The third-order valence-corrected chi connectivity index (χ3v) is 5.17. The average molecular weight is 398 g/mol. The van der Waals surface area contributed by atoms with Crippen molar-refractivity contribution in [2.24, 2.45) is 0 Å². The van der Waals surface area contributed by atoms with Gasteiger partial charge in [0.1, 0.15) is 5.58 Å². The van der Waals surface area contributed by atoms with Crippen LogP contribution in [0.4, 0.5) is 0 Å². The van der Waals surface area contributed by atoms with E-state index in [0.29, 0.717) is 27.3 Å². The van der Waals surface area contributed by atoms with Gasteiger partial charge in [-0.15, -0.1) is 0 Å². The molecule has 1 atom stereocenters. The number of amides is 1. The van der Waals surface area contributed by atoms with Crippen molar-refractivity contribution in [3.05, 3.63) is 63.8 Å². The minimum absolute atomic E-state index is 0.0427. The molecule has 3 aromatic rings. The second-order valence-corrected chi connectivity index (χ2v) is 7.32. The molecule has 2 aromatic carbocycles. The van der Waals surface area contributed by atoms with E-state index in [1.807, 2.05) is 0 Å². The molecule has 0 N–H and O–H groups in total. The summed E-state index contributed by atoms with van der Waals surface area (Å²) in [5.41, 5.74) is 0.819. The molecule has 6 heteroatoms. The fourth-order valence-corrected chi connectivity index (χ4v) is 3.57. The van der Waals surface area contributed by atoms with E-state index in [-0.39, 0.29) is 17.1 Å². The van der Waals surface area contributed by atoms with Crippen LogP contribution in [0.5, 0.6) is 5.75 Å². The molecule has 144 valence electrons. The quantitative estimate of drug-likeness (QED) is 0.650. The highest BCUT2D eigenvalue weighted by atomic mass is 35.5. The van der Waals surface area contributed by atoms with Gasteiger partial charge in [-0.1, -0.05) is 23.7 Å². The summed E-state index contributed by atoms with van der Waals surface area (Å²) in [5, 5.41) is 0.989. The number of hydrogen-bond donors (Lipinski definition) is 0. The van der Waals surface area contributed by atoms with Crippen molar-refractivity contribution in [2.45, 2.75) is 25.9 Å². The van der Waals surface area contributed by atoms with Gasteiger partial charge in [-0.2, -0.15) is 0 Å². The summed E-state index contributed by atoms with van der Waals surface area (Å²) in [6.45, 7) is 3.12. The number of rotatable bonds is 4. The average Bonchev–Trinajstić information content (AvgIpc) is 3.25. The first kappa shape index (κ1) is 18.6. The maximum Gasteiger partial charge on any atom is 0.263 e. The Balaban J connectivity index is 1.79. The van der Waals surface area contributed by atoms with Crippen molar-refractivity contribution in [3.8, 4) is 17.1 Å². The van der Waals surface area contributed by atoms with Crippen molar-refractivity contribution in [3.63, 3.8) is 0 Å². The van der Waals surface area contributed by atoms with Gasteiger partial charge in [0.15, 0.2) is 11.9 Å². The van der Waals surface area contributed by atoms with Gasteiger partial charge in [0, 0.05) is 23.7 Å². The molecule has 4 rings (SSSR count). The molecule has 0 saturated carbocycles. The number of halogens is 1. The van der Waals surface area contributed by atoms with E-state index < -0.39 is 6.10 Å². The molecule has 5 nitrogen and oxygen atoms in total. The summed E-state index contributed by atoms with van der Waals surface area (Å²) >= 11 is 5.99. The summed E-state index contributed by atoms with van der Waals surface area (Å²) in [6, 6.07) is 13.9. The number of fused-ring (bicyclic) bond motifs is 1. The van der Waals surface area contributed by atoms with Crippen molar-refractivity contribution in [1.29, 1.82) is 0 Å². The predicted octanol–water partition coefficient (Wildman–Crippen LogP) is 4.50. The summed E-state index contributed by atoms with van der Waals surface area (Å²) in [4.78, 5) is 27.6. The van der Waals surface area contributed by atoms with Crippen LogP contribution in [0.2, 0.25) is 5.02 Å². The number of carbonyl (C=O) groups is 1. The lowest BCUT2D eigenvalue weighted by atomic mass is 10.1. The van der Waals surface area contributed by atoms with Crippen LogP contribution in [-0.4, -0.2) is 30.0 Å². The van der Waals surface area contributed by atoms with E-state index in [4.69, 9.17) is 20.8 Å². The van der Waals surface area contributed by atoms with Gasteiger partial charge in [-0.3, -0.25) is 9.59 Å². The Morgan fingerprint density at radius 1 is 1.11 bits per heavy atom. The maximum absolute atomic E-state index is 13.1. The minimum Gasteiger partial charge on any atom is -0.473 e. The molecule has 2 heterocycles. The molecule has 28 heavy (non-hydrogen) atoms. The van der Waals surface area contributed by atoms with E-state index in [1.165, 1.54) is 0 Å². The third kappa shape index (κ3) is 3.50. The smallest absolute Gasteiger partial charge is 0.263 e. The number of ether oxygens (including phenoxy) is 1. The SMILES string of the molecule is CC(Oc1c(-c2ccc(Cl)cc2)oc2ccccc2c1=O)C(=O)N1CCCC1. The van der Waals surface area contributed by atoms with E-state index in [1.54, 1.807) is 60.4 Å². The highest BCUT2D eigenvalue weighted by Gasteiger charge is 2.27. The maximum atomic E-state index is 13.1. The standard InChI is InChI=1S/C22H20ClNO4/c1-14(22(26)24-12-4-5-13-24)27-21-19(25)17-6-2-3-7-18(17)28-20(21)15-8-10-16(23)11-9-15/h2-3,6-11,14H,4-5,12-13H2,1H3. The molecule has 1 fully saturated rings. The normalized spacial score (nSPS) is 15.0. The lowest BCUT2D eigenvalue weighted by molar-refractivity contribution is -0.136. The summed E-state index contributed by atoms with van der Waals surface area (Å²) < 4.78 is 11.9. The third-order valence-electron chi connectivity index (χ3n) is 4.92. The van der Waals surface area contributed by atoms with Crippen molar-refractivity contribution < 1.29 is 13.9 Å². The van der Waals surface area contributed by atoms with Crippen LogP contribution in [0, 0.1) is 0 Å². The lowest BCUT2D eigenvalue weighted by Gasteiger charge is -2.22. The number of hydrogen-bond acceptors (Lipinski definition) is 4. The molecule has 0 spiro atoms. The highest BCUT2D eigenvalue weighted by molar-refractivity contribution is 6.30. The first-order valence-electron chi connectivity index (χ1n) is 9.32. The molecule has 1 aliphatic rings. The van der Waals surface area contributed by atoms with Gasteiger partial charge in [0.25, 0.3) is 5.91 Å². The first-order chi connectivity index (χ1) is 13.5. The Morgan fingerprint density at radius 2 is 1.79 bits per heavy atom. The highest BCUT2D eigenvalue weighted by Crippen LogP contribution is 2.32. The van der Waals surface area contributed by atoms with E-state index >= 15 is 0 Å². The van der Waals surface area contributed by atoms with Crippen LogP contribution in [0.15, 0.2) is 57.7 Å². The molecule has 0 aliphatic carbocycles. The largest absolute Gasteiger partial charge is 0.473 e. The summed E-state index contributed by atoms with van der Waals surface area (Å²) in [7, 11) is 0. The number of likely N-dealkylation sites (tertiary alicyclic amines) is 1. The van der Waals surface area contributed by atoms with Gasteiger partial charge >= 0.3 is 0 Å². The van der Waals surface area contributed by atoms with Crippen LogP contribution in [0.1, 0.15) is 19.8 Å². The van der Waals surface area contributed by atoms with Crippen LogP contribution in [0.3, 0.4) is 0 Å². The van der Waals surface area contributed by atoms with Crippen molar-refractivity contribution >= 4 is 28.5 Å². The molecule has 1 amide bonds. The van der Waals surface area contributed by atoms with Gasteiger partial charge < -0.3 is 14.1 Å². The van der Waals surface area contributed by atoms with Gasteiger partial charge in [0.2, 0.25) is 11.2 Å². The minimum atomic E-state index is -0.784. The summed E-state index contributed by atoms with van der Waals surface area (Å²) in [5.74, 6) is 0.217. The van der Waals surface area contributed by atoms with Crippen molar-refractivity contribution in [1.82, 2.24) is 4.90 Å². The molecule has 1 aliphatic heterocycles. The van der Waals surface area contributed by atoms with Crippen LogP contribution in [-0.2, 0) is 4.79 Å². The lowest BCUT2D eigenvalue weighted by Crippen LogP contribution is -2.39. The monoisotopic (exact) mass is 397 g/mol. The summed E-state index contributed by atoms with van der Waals surface area (Å²) in [6.07, 6.45) is 1.20. The molecule has 1 aromatic heterocycles. The zero-order chi connectivity index (χ0) is 19.7. The number of para-hydroxylation sites is 1. The molecule has 1 unspecified atom stereocenters. The Labute approximate surface area is 167 Å². The Kier molecular flexibility index (Phi) is 5.09. The molecular weight excluding hydrogens is 378 g/mol. The fourth-order valence-electron chi connectivity index (χ4n) is 3.45.